The number of pyridine rings is 1. The number of nitrogens with one attached hydrogen (secondary N) is 1. The molecule has 94 valence electrons. The minimum atomic E-state index is -0.441. The molecule has 0 fully saturated rings. The van der Waals surface area contributed by atoms with Crippen molar-refractivity contribution < 1.29 is 4.92 Å². The van der Waals surface area contributed by atoms with Gasteiger partial charge in [-0.1, -0.05) is 6.92 Å². The van der Waals surface area contributed by atoms with Crippen molar-refractivity contribution in [3.8, 4) is 0 Å². The van der Waals surface area contributed by atoms with Crippen LogP contribution in [0.5, 0.6) is 0 Å². The first-order chi connectivity index (χ1) is 8.72. The fraction of sp³-hybridized carbons (Fsp3) is 0.273. The van der Waals surface area contributed by atoms with Gasteiger partial charge in [0.15, 0.2) is 0 Å². The number of nitrogens with zero attached hydrogens (tertiary/aromatic N) is 3. The molecule has 2 rings (SSSR count). The third-order valence-corrected chi connectivity index (χ3v) is 3.34. The van der Waals surface area contributed by atoms with E-state index in [4.69, 9.17) is 0 Å². The molecular formula is C11H12N4O2S. The quantitative estimate of drug-likeness (QED) is 0.663. The van der Waals surface area contributed by atoms with E-state index >= 15 is 0 Å². The fourth-order valence-corrected chi connectivity index (χ4v) is 2.34. The summed E-state index contributed by atoms with van der Waals surface area (Å²) >= 11 is 1.52. The highest BCUT2D eigenvalue weighted by atomic mass is 32.1. The molecule has 1 N–H and O–H groups in total. The van der Waals surface area contributed by atoms with Gasteiger partial charge in [-0.2, -0.15) is 0 Å². The third-order valence-electron chi connectivity index (χ3n) is 2.45. The highest BCUT2D eigenvalue weighted by molar-refractivity contribution is 7.09. The van der Waals surface area contributed by atoms with Gasteiger partial charge >= 0.3 is 5.69 Å². The number of thiazole rings is 1. The molecule has 18 heavy (non-hydrogen) atoms. The van der Waals surface area contributed by atoms with Crippen molar-refractivity contribution in [2.75, 3.05) is 5.32 Å². The molecule has 0 saturated heterocycles. The zero-order valence-corrected chi connectivity index (χ0v) is 10.6. The van der Waals surface area contributed by atoms with Gasteiger partial charge in [-0.3, -0.25) is 10.1 Å². The van der Waals surface area contributed by atoms with E-state index in [9.17, 15) is 10.1 Å². The molecule has 0 saturated carbocycles. The number of aromatic nitrogens is 2. The van der Waals surface area contributed by atoms with Gasteiger partial charge in [-0.15, -0.1) is 11.3 Å². The lowest BCUT2D eigenvalue weighted by Crippen LogP contribution is -2.11. The molecule has 6 nitrogen and oxygen atoms in total. The Kier molecular flexibility index (Phi) is 3.83. The molecule has 0 aliphatic heterocycles. The van der Waals surface area contributed by atoms with Crippen LogP contribution < -0.4 is 5.32 Å². The second-order valence-corrected chi connectivity index (χ2v) is 4.53. The van der Waals surface area contributed by atoms with Crippen LogP contribution in [0.25, 0.3) is 0 Å². The summed E-state index contributed by atoms with van der Waals surface area (Å²) in [6.07, 6.45) is 4.03. The summed E-state index contributed by atoms with van der Waals surface area (Å²) in [7, 11) is 0. The van der Waals surface area contributed by atoms with E-state index in [1.165, 1.54) is 23.6 Å². The van der Waals surface area contributed by atoms with Crippen molar-refractivity contribution in [2.24, 2.45) is 0 Å². The SMILES string of the molecule is CCC(Nc1ncccc1[N+](=O)[O-])c1nccs1. The monoisotopic (exact) mass is 264 g/mol. The van der Waals surface area contributed by atoms with E-state index in [0.717, 1.165) is 11.4 Å². The summed E-state index contributed by atoms with van der Waals surface area (Å²) in [5.74, 6) is 0.282. The molecule has 2 aromatic heterocycles. The third kappa shape index (κ3) is 2.62. The van der Waals surface area contributed by atoms with Crippen LogP contribution in [-0.2, 0) is 0 Å². The van der Waals surface area contributed by atoms with E-state index in [1.54, 1.807) is 12.3 Å². The van der Waals surface area contributed by atoms with E-state index in [2.05, 4.69) is 15.3 Å². The first kappa shape index (κ1) is 12.4. The van der Waals surface area contributed by atoms with Gasteiger partial charge in [0.2, 0.25) is 5.82 Å². The maximum atomic E-state index is 10.9. The average Bonchev–Trinajstić information content (AvgIpc) is 2.90. The van der Waals surface area contributed by atoms with Gasteiger partial charge in [0.25, 0.3) is 0 Å². The molecule has 2 heterocycles. The predicted octanol–water partition coefficient (Wildman–Crippen LogP) is 3.01. The smallest absolute Gasteiger partial charge is 0.311 e. The molecule has 7 heteroatoms. The Bertz CT molecular complexity index is 530. The van der Waals surface area contributed by atoms with Crippen molar-refractivity contribution in [1.82, 2.24) is 9.97 Å². The Labute approximate surface area is 108 Å². The first-order valence-electron chi connectivity index (χ1n) is 5.47. The Balaban J connectivity index is 2.25. The molecule has 0 amide bonds. The van der Waals surface area contributed by atoms with Crippen LogP contribution in [0, 0.1) is 10.1 Å². The van der Waals surface area contributed by atoms with Gasteiger partial charge in [-0.25, -0.2) is 9.97 Å². The Morgan fingerprint density at radius 3 is 2.94 bits per heavy atom. The zero-order valence-electron chi connectivity index (χ0n) is 9.74. The number of rotatable bonds is 5. The van der Waals surface area contributed by atoms with E-state index in [-0.39, 0.29) is 17.5 Å². The predicted molar refractivity (Wildman–Crippen MR) is 69.7 cm³/mol. The van der Waals surface area contributed by atoms with Crippen LogP contribution in [0.4, 0.5) is 11.5 Å². The summed E-state index contributed by atoms with van der Waals surface area (Å²) in [5.41, 5.74) is -0.0208. The van der Waals surface area contributed by atoms with Crippen molar-refractivity contribution in [3.63, 3.8) is 0 Å². The molecule has 0 aliphatic carbocycles. The molecule has 0 aliphatic rings. The maximum absolute atomic E-state index is 10.9. The lowest BCUT2D eigenvalue weighted by molar-refractivity contribution is -0.384. The van der Waals surface area contributed by atoms with E-state index < -0.39 is 4.92 Å². The molecule has 1 atom stereocenters. The molecule has 0 radical (unpaired) electrons. The van der Waals surface area contributed by atoms with Crippen molar-refractivity contribution in [3.05, 3.63) is 45.0 Å². The van der Waals surface area contributed by atoms with Crippen molar-refractivity contribution >= 4 is 22.8 Å². The number of hydrogen-bond donors (Lipinski definition) is 1. The lowest BCUT2D eigenvalue weighted by atomic mass is 10.2. The van der Waals surface area contributed by atoms with Crippen LogP contribution in [0.15, 0.2) is 29.9 Å². The normalized spacial score (nSPS) is 12.1. The van der Waals surface area contributed by atoms with Crippen molar-refractivity contribution in [2.45, 2.75) is 19.4 Å². The highest BCUT2D eigenvalue weighted by Crippen LogP contribution is 2.28. The minimum Gasteiger partial charge on any atom is -0.355 e. The molecule has 1 unspecified atom stereocenters. The Morgan fingerprint density at radius 1 is 1.50 bits per heavy atom. The summed E-state index contributed by atoms with van der Waals surface area (Å²) in [4.78, 5) is 18.7. The van der Waals surface area contributed by atoms with Crippen LogP contribution in [-0.4, -0.2) is 14.9 Å². The molecule has 2 aromatic rings. The summed E-state index contributed by atoms with van der Waals surface area (Å²) in [5, 5.41) is 16.7. The van der Waals surface area contributed by atoms with Gasteiger partial charge < -0.3 is 5.32 Å². The van der Waals surface area contributed by atoms with Crippen LogP contribution in [0.1, 0.15) is 24.4 Å². The fourth-order valence-electron chi connectivity index (χ4n) is 1.57. The van der Waals surface area contributed by atoms with Gasteiger partial charge in [0.05, 0.1) is 11.0 Å². The number of anilines is 1. The van der Waals surface area contributed by atoms with Crippen LogP contribution in [0.3, 0.4) is 0 Å². The Hall–Kier alpha value is -2.02. The molecular weight excluding hydrogens is 252 g/mol. The topological polar surface area (TPSA) is 81.0 Å². The summed E-state index contributed by atoms with van der Waals surface area (Å²) in [6.45, 7) is 1.99. The molecule has 0 spiro atoms. The van der Waals surface area contributed by atoms with Crippen LogP contribution in [0.2, 0.25) is 0 Å². The molecule has 0 aromatic carbocycles. The van der Waals surface area contributed by atoms with E-state index in [1.807, 2.05) is 12.3 Å². The van der Waals surface area contributed by atoms with Crippen LogP contribution >= 0.6 is 11.3 Å². The standard InChI is InChI=1S/C11H12N4O2S/c1-2-8(11-13-6-7-18-11)14-10-9(15(16)17)4-3-5-12-10/h3-8H,2H2,1H3,(H,12,14). The largest absolute Gasteiger partial charge is 0.355 e. The lowest BCUT2D eigenvalue weighted by Gasteiger charge is -2.14. The van der Waals surface area contributed by atoms with Gasteiger partial charge in [-0.05, 0) is 12.5 Å². The Morgan fingerprint density at radius 2 is 2.33 bits per heavy atom. The van der Waals surface area contributed by atoms with E-state index in [0.29, 0.717) is 0 Å². The summed E-state index contributed by atoms with van der Waals surface area (Å²) < 4.78 is 0. The number of nitro groups is 1. The maximum Gasteiger partial charge on any atom is 0.311 e. The van der Waals surface area contributed by atoms with Crippen molar-refractivity contribution in [1.29, 1.82) is 0 Å². The minimum absolute atomic E-state index is 0.0208. The first-order valence-corrected chi connectivity index (χ1v) is 6.35. The average molecular weight is 264 g/mol. The highest BCUT2D eigenvalue weighted by Gasteiger charge is 2.19. The zero-order chi connectivity index (χ0) is 13.0. The number of hydrogen-bond acceptors (Lipinski definition) is 6. The summed E-state index contributed by atoms with van der Waals surface area (Å²) in [6, 6.07) is 2.93. The van der Waals surface area contributed by atoms with Gasteiger partial charge in [0, 0.05) is 23.8 Å². The molecule has 0 bridgehead atoms. The van der Waals surface area contributed by atoms with Gasteiger partial charge in [0.1, 0.15) is 5.01 Å². The second-order valence-electron chi connectivity index (χ2n) is 3.60. The second kappa shape index (κ2) is 5.54.